The van der Waals surface area contributed by atoms with Gasteiger partial charge in [-0.25, -0.2) is 4.79 Å². The average molecular weight is 313 g/mol. The van der Waals surface area contributed by atoms with E-state index in [9.17, 15) is 9.59 Å². The monoisotopic (exact) mass is 313 g/mol. The smallest absolute Gasteiger partial charge is 0.330 e. The Balaban J connectivity index is 1.94. The second-order valence-corrected chi connectivity index (χ2v) is 4.95. The van der Waals surface area contributed by atoms with Crippen LogP contribution in [0.2, 0.25) is 0 Å². The van der Waals surface area contributed by atoms with Crippen molar-refractivity contribution in [3.05, 3.63) is 54.1 Å². The lowest BCUT2D eigenvalue weighted by Gasteiger charge is -2.06. The maximum Gasteiger partial charge on any atom is 0.330 e. The van der Waals surface area contributed by atoms with Gasteiger partial charge in [-0.05, 0) is 28.5 Å². The fourth-order valence-corrected chi connectivity index (χ4v) is 2.15. The molecule has 0 aliphatic heterocycles. The van der Waals surface area contributed by atoms with E-state index in [0.29, 0.717) is 6.54 Å². The zero-order valence-corrected chi connectivity index (χ0v) is 13.2. The van der Waals surface area contributed by atoms with Crippen LogP contribution >= 0.6 is 0 Å². The molecule has 0 saturated heterocycles. The molecule has 0 bridgehead atoms. The van der Waals surface area contributed by atoms with Crippen molar-refractivity contribution in [3.63, 3.8) is 0 Å². The second kappa shape index (κ2) is 7.98. The first-order chi connectivity index (χ1) is 11.1. The van der Waals surface area contributed by atoms with Gasteiger partial charge in [-0.2, -0.15) is 0 Å². The Morgan fingerprint density at radius 2 is 1.83 bits per heavy atom. The topological polar surface area (TPSA) is 64.6 Å². The van der Waals surface area contributed by atoms with Crippen LogP contribution in [0.25, 0.3) is 10.8 Å². The van der Waals surface area contributed by atoms with Crippen LogP contribution in [0.3, 0.4) is 0 Å². The normalized spacial score (nSPS) is 10.7. The fraction of sp³-hybridized carbons (Fsp3) is 0.222. The quantitative estimate of drug-likeness (QED) is 0.656. The number of carbonyl (C=O) groups excluding carboxylic acids is 2. The van der Waals surface area contributed by atoms with E-state index in [-0.39, 0.29) is 12.3 Å². The number of carbonyl (C=O) groups is 2. The predicted molar refractivity (Wildman–Crippen MR) is 88.4 cm³/mol. The molecule has 0 atom stereocenters. The van der Waals surface area contributed by atoms with E-state index >= 15 is 0 Å². The van der Waals surface area contributed by atoms with Crippen molar-refractivity contribution >= 4 is 22.6 Å². The van der Waals surface area contributed by atoms with Crippen molar-refractivity contribution in [2.75, 3.05) is 20.8 Å². The highest BCUT2D eigenvalue weighted by molar-refractivity contribution is 5.86. The molecule has 1 amide bonds. The van der Waals surface area contributed by atoms with Crippen LogP contribution in [-0.4, -0.2) is 32.6 Å². The third-order valence-corrected chi connectivity index (χ3v) is 3.35. The number of esters is 1. The molecule has 120 valence electrons. The molecule has 5 heteroatoms. The molecule has 5 nitrogen and oxygen atoms in total. The van der Waals surface area contributed by atoms with E-state index in [1.165, 1.54) is 13.2 Å². The van der Waals surface area contributed by atoms with Crippen LogP contribution < -0.4 is 10.1 Å². The average Bonchev–Trinajstić information content (AvgIpc) is 2.57. The summed E-state index contributed by atoms with van der Waals surface area (Å²) in [6.45, 7) is 0.290. The molecule has 2 aromatic carbocycles. The van der Waals surface area contributed by atoms with Crippen molar-refractivity contribution in [1.82, 2.24) is 5.32 Å². The van der Waals surface area contributed by atoms with Crippen molar-refractivity contribution in [3.8, 4) is 5.75 Å². The number of benzene rings is 2. The van der Waals surface area contributed by atoms with Crippen molar-refractivity contribution in [2.24, 2.45) is 0 Å². The van der Waals surface area contributed by atoms with Crippen molar-refractivity contribution in [2.45, 2.75) is 6.42 Å². The number of rotatable bonds is 6. The number of nitrogens with one attached hydrogen (secondary N) is 1. The Morgan fingerprint density at radius 1 is 1.09 bits per heavy atom. The standard InChI is InChI=1S/C18H19NO4/c1-22-16-8-7-14-10-13(5-6-15(14)12-16)11-17(20)19-9-3-4-18(21)23-2/h3-8,10,12H,9,11H2,1-2H3,(H,19,20)/b4-3+. The number of ether oxygens (including phenoxy) is 2. The molecule has 0 aliphatic rings. The summed E-state index contributed by atoms with van der Waals surface area (Å²) < 4.78 is 9.66. The molecule has 0 saturated carbocycles. The maximum absolute atomic E-state index is 11.9. The molecule has 0 unspecified atom stereocenters. The molecule has 0 aliphatic carbocycles. The number of fused-ring (bicyclic) bond motifs is 1. The van der Waals surface area contributed by atoms with Gasteiger partial charge in [-0.15, -0.1) is 0 Å². The lowest BCUT2D eigenvalue weighted by molar-refractivity contribution is -0.134. The fourth-order valence-electron chi connectivity index (χ4n) is 2.15. The van der Waals surface area contributed by atoms with Gasteiger partial charge in [0.1, 0.15) is 5.75 Å². The van der Waals surface area contributed by atoms with Crippen LogP contribution in [0.5, 0.6) is 5.75 Å². The summed E-state index contributed by atoms with van der Waals surface area (Å²) in [5.41, 5.74) is 0.928. The van der Waals surface area contributed by atoms with Crippen LogP contribution in [0.1, 0.15) is 5.56 Å². The summed E-state index contributed by atoms with van der Waals surface area (Å²) in [5.74, 6) is 0.261. The largest absolute Gasteiger partial charge is 0.497 e. The Hall–Kier alpha value is -2.82. The van der Waals surface area contributed by atoms with E-state index in [2.05, 4.69) is 10.1 Å². The van der Waals surface area contributed by atoms with Crippen molar-refractivity contribution in [1.29, 1.82) is 0 Å². The molecule has 2 rings (SSSR count). The molecule has 1 N–H and O–H groups in total. The third-order valence-electron chi connectivity index (χ3n) is 3.35. The molecule has 0 fully saturated rings. The van der Waals surface area contributed by atoms with Gasteiger partial charge in [0, 0.05) is 12.6 Å². The Morgan fingerprint density at radius 3 is 2.57 bits per heavy atom. The number of hydrogen-bond donors (Lipinski definition) is 1. The highest BCUT2D eigenvalue weighted by Gasteiger charge is 2.04. The summed E-state index contributed by atoms with van der Waals surface area (Å²) >= 11 is 0. The van der Waals surface area contributed by atoms with E-state index in [1.807, 2.05) is 36.4 Å². The van der Waals surface area contributed by atoms with Gasteiger partial charge in [0.2, 0.25) is 5.91 Å². The molecular formula is C18H19NO4. The molecule has 23 heavy (non-hydrogen) atoms. The summed E-state index contributed by atoms with van der Waals surface area (Å²) in [7, 11) is 2.94. The van der Waals surface area contributed by atoms with Gasteiger partial charge < -0.3 is 14.8 Å². The summed E-state index contributed by atoms with van der Waals surface area (Å²) in [6, 6.07) is 11.7. The van der Waals surface area contributed by atoms with Crippen LogP contribution in [0, 0.1) is 0 Å². The highest BCUT2D eigenvalue weighted by Crippen LogP contribution is 2.22. The first kappa shape index (κ1) is 16.5. The van der Waals surface area contributed by atoms with Crippen molar-refractivity contribution < 1.29 is 19.1 Å². The van der Waals surface area contributed by atoms with Gasteiger partial charge >= 0.3 is 5.97 Å². The first-order valence-electron chi connectivity index (χ1n) is 7.20. The zero-order chi connectivity index (χ0) is 16.7. The second-order valence-electron chi connectivity index (χ2n) is 4.95. The Kier molecular flexibility index (Phi) is 5.74. The molecule has 2 aromatic rings. The Bertz CT molecular complexity index is 737. The molecule has 0 spiro atoms. The molecular weight excluding hydrogens is 294 g/mol. The van der Waals surface area contributed by atoms with Gasteiger partial charge in [0.05, 0.1) is 20.6 Å². The van der Waals surface area contributed by atoms with E-state index < -0.39 is 5.97 Å². The van der Waals surface area contributed by atoms with Crippen LogP contribution in [0.15, 0.2) is 48.6 Å². The lowest BCUT2D eigenvalue weighted by Crippen LogP contribution is -2.25. The number of hydrogen-bond acceptors (Lipinski definition) is 4. The number of methoxy groups -OCH3 is 2. The lowest BCUT2D eigenvalue weighted by atomic mass is 10.0. The Labute approximate surface area is 134 Å². The highest BCUT2D eigenvalue weighted by atomic mass is 16.5. The first-order valence-corrected chi connectivity index (χ1v) is 7.20. The van der Waals surface area contributed by atoms with E-state index in [0.717, 1.165) is 22.1 Å². The van der Waals surface area contributed by atoms with Gasteiger partial charge in [0.15, 0.2) is 0 Å². The van der Waals surface area contributed by atoms with Crippen LogP contribution in [-0.2, 0) is 20.7 Å². The summed E-state index contributed by atoms with van der Waals surface area (Å²) in [4.78, 5) is 22.8. The van der Waals surface area contributed by atoms with Gasteiger partial charge in [-0.1, -0.05) is 30.3 Å². The summed E-state index contributed by atoms with van der Waals surface area (Å²) in [5, 5.41) is 4.84. The van der Waals surface area contributed by atoms with Gasteiger partial charge in [0.25, 0.3) is 0 Å². The van der Waals surface area contributed by atoms with Crippen LogP contribution in [0.4, 0.5) is 0 Å². The molecule has 0 radical (unpaired) electrons. The minimum Gasteiger partial charge on any atom is -0.497 e. The summed E-state index contributed by atoms with van der Waals surface area (Å²) in [6.07, 6.45) is 3.12. The van der Waals surface area contributed by atoms with Gasteiger partial charge in [-0.3, -0.25) is 4.79 Å². The minimum absolute atomic E-state index is 0.104. The maximum atomic E-state index is 11.9. The predicted octanol–water partition coefficient (Wildman–Crippen LogP) is 2.24. The molecule has 0 heterocycles. The van der Waals surface area contributed by atoms with E-state index in [4.69, 9.17) is 4.74 Å². The SMILES string of the molecule is COC(=O)/C=C/CNC(=O)Cc1ccc2cc(OC)ccc2c1. The minimum atomic E-state index is -0.441. The third kappa shape index (κ3) is 4.85. The number of amides is 1. The molecule has 0 aromatic heterocycles. The van der Waals surface area contributed by atoms with E-state index in [1.54, 1.807) is 13.2 Å². The zero-order valence-electron chi connectivity index (χ0n) is 13.2.